The Kier molecular flexibility index (Phi) is 5.49. The van der Waals surface area contributed by atoms with Crippen molar-refractivity contribution < 1.29 is 28.5 Å². The van der Waals surface area contributed by atoms with Crippen LogP contribution in [0.4, 0.5) is 0 Å². The van der Waals surface area contributed by atoms with E-state index < -0.39 is 28.9 Å². The van der Waals surface area contributed by atoms with Crippen LogP contribution >= 0.6 is 0 Å². The second-order valence-electron chi connectivity index (χ2n) is 5.58. The summed E-state index contributed by atoms with van der Waals surface area (Å²) in [5, 5.41) is 10.1. The van der Waals surface area contributed by atoms with E-state index in [4.69, 9.17) is 23.7 Å². The molecule has 0 aromatic heterocycles. The van der Waals surface area contributed by atoms with Crippen LogP contribution in [0.3, 0.4) is 0 Å². The van der Waals surface area contributed by atoms with Crippen molar-refractivity contribution >= 4 is 5.97 Å². The molecule has 1 aliphatic carbocycles. The Hall–Kier alpha value is -1.98. The third kappa shape index (κ3) is 2.15. The van der Waals surface area contributed by atoms with Crippen LogP contribution in [-0.4, -0.2) is 52.6 Å². The third-order valence-corrected chi connectivity index (χ3v) is 4.88. The molecule has 1 aromatic carbocycles. The molecule has 2 rings (SSSR count). The number of ether oxygens (including phenoxy) is 5. The molecule has 1 saturated carbocycles. The van der Waals surface area contributed by atoms with Crippen LogP contribution < -0.4 is 0 Å². The summed E-state index contributed by atoms with van der Waals surface area (Å²) in [6.45, 7) is 1.78. The van der Waals surface area contributed by atoms with Crippen molar-refractivity contribution in [2.75, 3.05) is 35.0 Å². The van der Waals surface area contributed by atoms with Crippen molar-refractivity contribution in [1.29, 1.82) is 5.26 Å². The number of hydrogen-bond donors (Lipinski definition) is 0. The van der Waals surface area contributed by atoms with Crippen LogP contribution in [0.25, 0.3) is 0 Å². The van der Waals surface area contributed by atoms with E-state index in [1.165, 1.54) is 28.4 Å². The van der Waals surface area contributed by atoms with E-state index in [9.17, 15) is 10.1 Å². The summed E-state index contributed by atoms with van der Waals surface area (Å²) >= 11 is 0. The molecule has 0 saturated heterocycles. The van der Waals surface area contributed by atoms with Crippen molar-refractivity contribution in [2.24, 2.45) is 5.41 Å². The molecule has 0 spiro atoms. The minimum Gasteiger partial charge on any atom is -0.465 e. The van der Waals surface area contributed by atoms with Crippen LogP contribution in [0.2, 0.25) is 0 Å². The molecular weight excluding hydrogens is 326 g/mol. The normalized spacial score (nSPS) is 26.3. The number of rotatable bonds is 7. The summed E-state index contributed by atoms with van der Waals surface area (Å²) in [4.78, 5) is 12.9. The monoisotopic (exact) mass is 349 g/mol. The summed E-state index contributed by atoms with van der Waals surface area (Å²) in [6, 6.07) is 11.1. The number of benzene rings is 1. The highest BCUT2D eigenvalue weighted by atomic mass is 16.8. The van der Waals surface area contributed by atoms with E-state index in [-0.39, 0.29) is 6.61 Å². The molecule has 7 nitrogen and oxygen atoms in total. The van der Waals surface area contributed by atoms with Gasteiger partial charge in [0.1, 0.15) is 0 Å². The Balaban J connectivity index is 2.79. The highest BCUT2D eigenvalue weighted by Crippen LogP contribution is 2.69. The fraction of sp³-hybridized carbons (Fsp3) is 0.556. The summed E-state index contributed by atoms with van der Waals surface area (Å²) in [5.41, 5.74) is -1.13. The van der Waals surface area contributed by atoms with Crippen LogP contribution in [0.15, 0.2) is 30.3 Å². The van der Waals surface area contributed by atoms with Gasteiger partial charge in [0, 0.05) is 28.4 Å². The minimum atomic E-state index is -1.81. The molecule has 0 radical (unpaired) electrons. The number of methoxy groups -OCH3 is 4. The smallest absolute Gasteiger partial charge is 0.333 e. The summed E-state index contributed by atoms with van der Waals surface area (Å²) < 4.78 is 27.6. The lowest BCUT2D eigenvalue weighted by Gasteiger charge is -2.66. The maximum Gasteiger partial charge on any atom is 0.333 e. The van der Waals surface area contributed by atoms with Gasteiger partial charge < -0.3 is 23.7 Å². The Labute approximate surface area is 147 Å². The average Bonchev–Trinajstić information content (AvgIpc) is 2.64. The molecule has 1 fully saturated rings. The second kappa shape index (κ2) is 7.10. The van der Waals surface area contributed by atoms with Crippen molar-refractivity contribution in [2.45, 2.75) is 24.4 Å². The Morgan fingerprint density at radius 1 is 1.08 bits per heavy atom. The lowest BCUT2D eigenvalue weighted by atomic mass is 9.49. The maximum atomic E-state index is 12.9. The fourth-order valence-corrected chi connectivity index (χ4v) is 3.94. The molecule has 2 atom stereocenters. The van der Waals surface area contributed by atoms with E-state index in [0.29, 0.717) is 5.56 Å². The van der Waals surface area contributed by atoms with Gasteiger partial charge in [0.05, 0.1) is 18.6 Å². The number of hydrogen-bond acceptors (Lipinski definition) is 7. The Morgan fingerprint density at radius 3 is 2.04 bits per heavy atom. The predicted molar refractivity (Wildman–Crippen MR) is 87.4 cm³/mol. The number of nitriles is 1. The van der Waals surface area contributed by atoms with Crippen LogP contribution in [0.5, 0.6) is 0 Å². The molecule has 0 unspecified atom stereocenters. The molecule has 0 aliphatic heterocycles. The summed E-state index contributed by atoms with van der Waals surface area (Å²) in [6.07, 6.45) is 0. The Bertz CT molecular complexity index is 647. The van der Waals surface area contributed by atoms with Crippen molar-refractivity contribution in [3.05, 3.63) is 35.9 Å². The van der Waals surface area contributed by atoms with E-state index in [0.717, 1.165) is 0 Å². The molecule has 0 N–H and O–H groups in total. The van der Waals surface area contributed by atoms with Gasteiger partial charge in [-0.05, 0) is 12.5 Å². The molecule has 7 heteroatoms. The van der Waals surface area contributed by atoms with Crippen LogP contribution in [0, 0.1) is 16.7 Å². The standard InChI is InChI=1S/C18H23NO6/c1-6-25-15(20)16(12-19)14(13-10-8-7-9-11-13)17(21-2,22-3)18(16,23-4)24-5/h7-11,14H,6H2,1-5H3/t14-,16-/m1/s1. The lowest BCUT2D eigenvalue weighted by Crippen LogP contribution is -2.84. The first-order chi connectivity index (χ1) is 12.0. The topological polar surface area (TPSA) is 87.0 Å². The molecule has 1 aromatic rings. The molecule has 25 heavy (non-hydrogen) atoms. The highest BCUT2D eigenvalue weighted by molar-refractivity contribution is 5.86. The van der Waals surface area contributed by atoms with E-state index in [2.05, 4.69) is 6.07 Å². The largest absolute Gasteiger partial charge is 0.465 e. The van der Waals surface area contributed by atoms with Gasteiger partial charge in [0.25, 0.3) is 5.79 Å². The van der Waals surface area contributed by atoms with Crippen molar-refractivity contribution in [3.8, 4) is 6.07 Å². The first kappa shape index (κ1) is 19.3. The van der Waals surface area contributed by atoms with Gasteiger partial charge in [-0.25, -0.2) is 0 Å². The van der Waals surface area contributed by atoms with E-state index >= 15 is 0 Å². The number of nitrogens with zero attached hydrogens (tertiary/aromatic N) is 1. The molecule has 136 valence electrons. The van der Waals surface area contributed by atoms with Gasteiger partial charge in [0.2, 0.25) is 11.2 Å². The third-order valence-electron chi connectivity index (χ3n) is 4.88. The van der Waals surface area contributed by atoms with Gasteiger partial charge in [-0.15, -0.1) is 0 Å². The first-order valence-electron chi connectivity index (χ1n) is 7.85. The number of carbonyl (C=O) groups excluding carboxylic acids is 1. The average molecular weight is 349 g/mol. The zero-order valence-electron chi connectivity index (χ0n) is 15.1. The van der Waals surface area contributed by atoms with Crippen molar-refractivity contribution in [3.63, 3.8) is 0 Å². The molecular formula is C18H23NO6. The highest BCUT2D eigenvalue weighted by Gasteiger charge is 2.89. The zero-order valence-corrected chi connectivity index (χ0v) is 15.1. The second-order valence-corrected chi connectivity index (χ2v) is 5.58. The van der Waals surface area contributed by atoms with Gasteiger partial charge in [-0.1, -0.05) is 30.3 Å². The molecule has 0 heterocycles. The predicted octanol–water partition coefficient (Wildman–Crippen LogP) is 1.84. The van der Waals surface area contributed by atoms with Gasteiger partial charge in [-0.2, -0.15) is 5.26 Å². The fourth-order valence-electron chi connectivity index (χ4n) is 3.94. The molecule has 1 aliphatic rings. The molecule has 0 amide bonds. The number of carbonyl (C=O) groups is 1. The quantitative estimate of drug-likeness (QED) is 0.548. The van der Waals surface area contributed by atoms with Crippen LogP contribution in [-0.2, 0) is 28.5 Å². The SMILES string of the molecule is CCOC(=O)[C@@]1(C#N)[C@@H](c2ccccc2)C(OC)(OC)C1(OC)OC. The maximum absolute atomic E-state index is 12.9. The van der Waals surface area contributed by atoms with Gasteiger partial charge in [0.15, 0.2) is 0 Å². The zero-order chi connectivity index (χ0) is 18.7. The van der Waals surface area contributed by atoms with Gasteiger partial charge in [-0.3, -0.25) is 4.79 Å². The van der Waals surface area contributed by atoms with Crippen molar-refractivity contribution in [1.82, 2.24) is 0 Å². The summed E-state index contributed by atoms with van der Waals surface area (Å²) in [5.74, 6) is -4.88. The van der Waals surface area contributed by atoms with E-state index in [1.54, 1.807) is 31.2 Å². The minimum absolute atomic E-state index is 0.111. The van der Waals surface area contributed by atoms with E-state index in [1.807, 2.05) is 6.07 Å². The summed E-state index contributed by atoms with van der Waals surface area (Å²) in [7, 11) is 5.50. The van der Waals surface area contributed by atoms with Gasteiger partial charge >= 0.3 is 5.97 Å². The lowest BCUT2D eigenvalue weighted by molar-refractivity contribution is -0.483. The number of esters is 1. The molecule has 0 bridgehead atoms. The van der Waals surface area contributed by atoms with Crippen LogP contribution in [0.1, 0.15) is 18.4 Å². The Morgan fingerprint density at radius 2 is 1.64 bits per heavy atom. The first-order valence-corrected chi connectivity index (χ1v) is 7.85.